The van der Waals surface area contributed by atoms with E-state index in [9.17, 15) is 4.79 Å². The Labute approximate surface area is 101 Å². The molecule has 0 amide bonds. The van der Waals surface area contributed by atoms with Gasteiger partial charge in [0.25, 0.3) is 0 Å². The van der Waals surface area contributed by atoms with Crippen LogP contribution in [0.5, 0.6) is 0 Å². The zero-order valence-electron chi connectivity index (χ0n) is 9.92. The number of aromatic nitrogens is 1. The second-order valence-electron chi connectivity index (χ2n) is 3.85. The molecule has 0 saturated heterocycles. The van der Waals surface area contributed by atoms with Gasteiger partial charge in [-0.05, 0) is 24.3 Å². The number of ketones is 1. The zero-order chi connectivity index (χ0) is 12.3. The highest BCUT2D eigenvalue weighted by molar-refractivity contribution is 5.92. The molecule has 0 aliphatic heterocycles. The fourth-order valence-corrected chi connectivity index (χ4v) is 1.59. The van der Waals surface area contributed by atoms with Crippen LogP contribution in [0.4, 0.5) is 11.4 Å². The normalized spacial score (nSPS) is 10.0. The van der Waals surface area contributed by atoms with E-state index in [0.717, 1.165) is 11.4 Å². The summed E-state index contributed by atoms with van der Waals surface area (Å²) in [6.45, 7) is 1.52. The molecule has 0 unspecified atom stereocenters. The maximum absolute atomic E-state index is 11.1. The standard InChI is InChI=1S/C14H14N2O/c1-11(17)14-9-8-13(10-15-14)16(2)12-6-4-3-5-7-12/h3-10H,1-2H3. The number of nitrogens with zero attached hydrogens (tertiary/aromatic N) is 2. The Kier molecular flexibility index (Phi) is 3.19. The van der Waals surface area contributed by atoms with Crippen LogP contribution < -0.4 is 4.90 Å². The van der Waals surface area contributed by atoms with Crippen LogP contribution in [0.2, 0.25) is 0 Å². The summed E-state index contributed by atoms with van der Waals surface area (Å²) < 4.78 is 0. The summed E-state index contributed by atoms with van der Waals surface area (Å²) in [6, 6.07) is 13.7. The first kappa shape index (κ1) is 11.3. The molecule has 0 aliphatic carbocycles. The lowest BCUT2D eigenvalue weighted by Crippen LogP contribution is -2.10. The van der Waals surface area contributed by atoms with Crippen molar-refractivity contribution in [3.63, 3.8) is 0 Å². The second kappa shape index (κ2) is 4.78. The van der Waals surface area contributed by atoms with Gasteiger partial charge >= 0.3 is 0 Å². The van der Waals surface area contributed by atoms with Crippen molar-refractivity contribution in [1.82, 2.24) is 4.98 Å². The predicted molar refractivity (Wildman–Crippen MR) is 68.7 cm³/mol. The molecule has 3 nitrogen and oxygen atoms in total. The maximum atomic E-state index is 11.1. The fourth-order valence-electron chi connectivity index (χ4n) is 1.59. The number of rotatable bonds is 3. The minimum atomic E-state index is -0.0149. The number of para-hydroxylation sites is 1. The lowest BCUT2D eigenvalue weighted by atomic mass is 10.2. The molecule has 86 valence electrons. The Hall–Kier alpha value is -2.16. The first-order valence-electron chi connectivity index (χ1n) is 5.44. The average Bonchev–Trinajstić information content (AvgIpc) is 2.39. The molecule has 3 heteroatoms. The summed E-state index contributed by atoms with van der Waals surface area (Å²) in [4.78, 5) is 17.3. The molecule has 0 fully saturated rings. The van der Waals surface area contributed by atoms with Crippen LogP contribution in [-0.4, -0.2) is 17.8 Å². The predicted octanol–water partition coefficient (Wildman–Crippen LogP) is 3.05. The lowest BCUT2D eigenvalue weighted by molar-refractivity contribution is 0.101. The number of hydrogen-bond acceptors (Lipinski definition) is 3. The van der Waals surface area contributed by atoms with Gasteiger partial charge in [0, 0.05) is 19.7 Å². The van der Waals surface area contributed by atoms with E-state index in [2.05, 4.69) is 4.98 Å². The molecule has 0 spiro atoms. The molecule has 1 aromatic carbocycles. The zero-order valence-corrected chi connectivity index (χ0v) is 9.92. The van der Waals surface area contributed by atoms with Gasteiger partial charge in [-0.3, -0.25) is 9.78 Å². The molecule has 2 aromatic rings. The van der Waals surface area contributed by atoms with Crippen LogP contribution in [0.15, 0.2) is 48.7 Å². The van der Waals surface area contributed by atoms with Crippen molar-refractivity contribution in [3.8, 4) is 0 Å². The molecule has 0 radical (unpaired) electrons. The molecule has 0 bridgehead atoms. The van der Waals surface area contributed by atoms with Gasteiger partial charge in [-0.25, -0.2) is 0 Å². The van der Waals surface area contributed by atoms with E-state index in [-0.39, 0.29) is 5.78 Å². The highest BCUT2D eigenvalue weighted by atomic mass is 16.1. The van der Waals surface area contributed by atoms with Gasteiger partial charge in [0.05, 0.1) is 11.9 Å². The van der Waals surface area contributed by atoms with E-state index >= 15 is 0 Å². The SMILES string of the molecule is CC(=O)c1ccc(N(C)c2ccccc2)cn1. The summed E-state index contributed by atoms with van der Waals surface area (Å²) >= 11 is 0. The monoisotopic (exact) mass is 226 g/mol. The number of carbonyl (C=O) groups excluding carboxylic acids is 1. The van der Waals surface area contributed by atoms with Crippen molar-refractivity contribution < 1.29 is 4.79 Å². The van der Waals surface area contributed by atoms with Crippen molar-refractivity contribution in [2.75, 3.05) is 11.9 Å². The lowest BCUT2D eigenvalue weighted by Gasteiger charge is -2.18. The van der Waals surface area contributed by atoms with Crippen LogP contribution in [0.25, 0.3) is 0 Å². The topological polar surface area (TPSA) is 33.2 Å². The van der Waals surface area contributed by atoms with E-state index in [1.807, 2.05) is 48.3 Å². The van der Waals surface area contributed by atoms with E-state index in [0.29, 0.717) is 5.69 Å². The van der Waals surface area contributed by atoms with Gasteiger partial charge in [0.15, 0.2) is 5.78 Å². The molecule has 0 aliphatic rings. The van der Waals surface area contributed by atoms with Crippen LogP contribution in [0.1, 0.15) is 17.4 Å². The number of Topliss-reactive ketones (excluding diaryl/α,β-unsaturated/α-hetero) is 1. The number of anilines is 2. The van der Waals surface area contributed by atoms with Crippen molar-refractivity contribution in [1.29, 1.82) is 0 Å². The van der Waals surface area contributed by atoms with Gasteiger partial charge in [0.2, 0.25) is 0 Å². The van der Waals surface area contributed by atoms with Crippen LogP contribution in [0, 0.1) is 0 Å². The highest BCUT2D eigenvalue weighted by Gasteiger charge is 2.05. The van der Waals surface area contributed by atoms with Crippen molar-refractivity contribution in [3.05, 3.63) is 54.4 Å². The summed E-state index contributed by atoms with van der Waals surface area (Å²) in [5, 5.41) is 0. The third kappa shape index (κ3) is 2.50. The Balaban J connectivity index is 2.26. The Morgan fingerprint density at radius 3 is 2.29 bits per heavy atom. The summed E-state index contributed by atoms with van der Waals surface area (Å²) in [5.41, 5.74) is 2.54. The Morgan fingerprint density at radius 2 is 1.76 bits per heavy atom. The van der Waals surface area contributed by atoms with Gasteiger partial charge in [-0.2, -0.15) is 0 Å². The maximum Gasteiger partial charge on any atom is 0.178 e. The molecule has 17 heavy (non-hydrogen) atoms. The van der Waals surface area contributed by atoms with Gasteiger partial charge in [-0.1, -0.05) is 18.2 Å². The number of carbonyl (C=O) groups is 1. The quantitative estimate of drug-likeness (QED) is 0.754. The van der Waals surface area contributed by atoms with Gasteiger partial charge < -0.3 is 4.90 Å². The molecule has 0 atom stereocenters. The third-order valence-corrected chi connectivity index (χ3v) is 2.64. The van der Waals surface area contributed by atoms with Crippen molar-refractivity contribution in [2.45, 2.75) is 6.92 Å². The van der Waals surface area contributed by atoms with E-state index < -0.39 is 0 Å². The Morgan fingerprint density at radius 1 is 1.06 bits per heavy atom. The first-order chi connectivity index (χ1) is 8.18. The van der Waals surface area contributed by atoms with Gasteiger partial charge in [0.1, 0.15) is 5.69 Å². The minimum absolute atomic E-state index is 0.0149. The molecular formula is C14H14N2O. The second-order valence-corrected chi connectivity index (χ2v) is 3.85. The molecule has 1 heterocycles. The highest BCUT2D eigenvalue weighted by Crippen LogP contribution is 2.22. The van der Waals surface area contributed by atoms with Crippen molar-refractivity contribution >= 4 is 17.2 Å². The summed E-state index contributed by atoms with van der Waals surface area (Å²) in [5.74, 6) is -0.0149. The minimum Gasteiger partial charge on any atom is -0.343 e. The van der Waals surface area contributed by atoms with Crippen LogP contribution in [0.3, 0.4) is 0 Å². The van der Waals surface area contributed by atoms with Crippen LogP contribution >= 0.6 is 0 Å². The fraction of sp³-hybridized carbons (Fsp3) is 0.143. The molecule has 2 rings (SSSR count). The number of pyridine rings is 1. The van der Waals surface area contributed by atoms with Crippen LogP contribution in [-0.2, 0) is 0 Å². The van der Waals surface area contributed by atoms with Crippen molar-refractivity contribution in [2.24, 2.45) is 0 Å². The Bertz CT molecular complexity index is 506. The third-order valence-electron chi connectivity index (χ3n) is 2.64. The first-order valence-corrected chi connectivity index (χ1v) is 5.44. The summed E-state index contributed by atoms with van der Waals surface area (Å²) in [7, 11) is 1.97. The smallest absolute Gasteiger partial charge is 0.178 e. The largest absolute Gasteiger partial charge is 0.343 e. The molecule has 0 N–H and O–H groups in total. The number of benzene rings is 1. The molecule has 0 saturated carbocycles. The van der Waals surface area contributed by atoms with E-state index in [4.69, 9.17) is 0 Å². The molecular weight excluding hydrogens is 212 g/mol. The van der Waals surface area contributed by atoms with E-state index in [1.54, 1.807) is 12.3 Å². The van der Waals surface area contributed by atoms with Gasteiger partial charge in [-0.15, -0.1) is 0 Å². The van der Waals surface area contributed by atoms with E-state index in [1.165, 1.54) is 6.92 Å². The molecule has 1 aromatic heterocycles. The summed E-state index contributed by atoms with van der Waals surface area (Å²) in [6.07, 6.45) is 1.71. The number of hydrogen-bond donors (Lipinski definition) is 0. The average molecular weight is 226 g/mol.